The van der Waals surface area contributed by atoms with Crippen molar-refractivity contribution in [1.82, 2.24) is 10.2 Å². The Morgan fingerprint density at radius 3 is 2.84 bits per heavy atom. The molecule has 0 spiro atoms. The van der Waals surface area contributed by atoms with E-state index in [1.807, 2.05) is 0 Å². The average Bonchev–Trinajstić information content (AvgIpc) is 2.38. The summed E-state index contributed by atoms with van der Waals surface area (Å²) in [5.41, 5.74) is 1.35. The van der Waals surface area contributed by atoms with Gasteiger partial charge in [0.05, 0.1) is 0 Å². The maximum atomic E-state index is 3.77. The van der Waals surface area contributed by atoms with E-state index >= 15 is 0 Å². The van der Waals surface area contributed by atoms with Crippen LogP contribution >= 0.6 is 15.9 Å². The molecule has 1 heterocycles. The van der Waals surface area contributed by atoms with Gasteiger partial charge in [0, 0.05) is 23.1 Å². The number of hydrogen-bond donors (Lipinski definition) is 1. The molecule has 0 saturated carbocycles. The summed E-state index contributed by atoms with van der Waals surface area (Å²) < 4.78 is 1.16. The molecule has 2 unspecified atom stereocenters. The Kier molecular flexibility index (Phi) is 5.43. The molecule has 2 nitrogen and oxygen atoms in total. The van der Waals surface area contributed by atoms with Crippen molar-refractivity contribution in [2.24, 2.45) is 5.92 Å². The zero-order valence-corrected chi connectivity index (χ0v) is 13.8. The molecule has 1 fully saturated rings. The topological polar surface area (TPSA) is 15.3 Å². The van der Waals surface area contributed by atoms with Crippen LogP contribution in [0.2, 0.25) is 0 Å². The van der Waals surface area contributed by atoms with E-state index in [-0.39, 0.29) is 0 Å². The number of nitrogens with zero attached hydrogens (tertiary/aromatic N) is 1. The number of rotatable bonds is 4. The summed E-state index contributed by atoms with van der Waals surface area (Å²) in [4.78, 5) is 2.45. The van der Waals surface area contributed by atoms with Crippen molar-refractivity contribution in [2.75, 3.05) is 20.1 Å². The summed E-state index contributed by atoms with van der Waals surface area (Å²) in [5.74, 6) is 0.772. The van der Waals surface area contributed by atoms with Crippen LogP contribution in [0.25, 0.3) is 0 Å². The summed E-state index contributed by atoms with van der Waals surface area (Å²) in [7, 11) is 2.23. The average molecular weight is 325 g/mol. The molecule has 19 heavy (non-hydrogen) atoms. The second-order valence-electron chi connectivity index (χ2n) is 5.90. The van der Waals surface area contributed by atoms with Crippen LogP contribution in [0.15, 0.2) is 28.7 Å². The molecular formula is C16H25BrN2. The number of nitrogens with one attached hydrogen (secondary N) is 1. The highest BCUT2D eigenvalue weighted by Gasteiger charge is 2.23. The first-order valence-electron chi connectivity index (χ1n) is 7.26. The van der Waals surface area contributed by atoms with Crippen LogP contribution < -0.4 is 5.32 Å². The minimum Gasteiger partial charge on any atom is -0.307 e. The lowest BCUT2D eigenvalue weighted by Crippen LogP contribution is -2.43. The molecule has 0 aromatic heterocycles. The van der Waals surface area contributed by atoms with E-state index in [2.05, 4.69) is 71.3 Å². The van der Waals surface area contributed by atoms with Crippen LogP contribution in [-0.2, 0) is 0 Å². The minimum absolute atomic E-state index is 0.403. The minimum atomic E-state index is 0.403. The van der Waals surface area contributed by atoms with Crippen molar-refractivity contribution in [1.29, 1.82) is 0 Å². The molecule has 1 aliphatic heterocycles. The molecule has 1 aliphatic rings. The van der Waals surface area contributed by atoms with Crippen LogP contribution in [0.4, 0.5) is 0 Å². The van der Waals surface area contributed by atoms with E-state index in [4.69, 9.17) is 0 Å². The predicted molar refractivity (Wildman–Crippen MR) is 85.4 cm³/mol. The molecule has 0 amide bonds. The lowest BCUT2D eigenvalue weighted by molar-refractivity contribution is 0.174. The summed E-state index contributed by atoms with van der Waals surface area (Å²) in [6.07, 6.45) is 2.68. The van der Waals surface area contributed by atoms with Gasteiger partial charge in [-0.25, -0.2) is 0 Å². The van der Waals surface area contributed by atoms with Gasteiger partial charge in [-0.15, -0.1) is 0 Å². The van der Waals surface area contributed by atoms with E-state index in [1.165, 1.54) is 31.5 Å². The highest BCUT2D eigenvalue weighted by molar-refractivity contribution is 9.10. The first-order chi connectivity index (χ1) is 9.06. The summed E-state index contributed by atoms with van der Waals surface area (Å²) >= 11 is 3.55. The van der Waals surface area contributed by atoms with Crippen LogP contribution in [0, 0.1) is 5.92 Å². The van der Waals surface area contributed by atoms with Gasteiger partial charge in [-0.3, -0.25) is 0 Å². The first-order valence-corrected chi connectivity index (χ1v) is 8.05. The van der Waals surface area contributed by atoms with Gasteiger partial charge >= 0.3 is 0 Å². The molecule has 0 aliphatic carbocycles. The Morgan fingerprint density at radius 1 is 1.37 bits per heavy atom. The third-order valence-corrected chi connectivity index (χ3v) is 4.72. The Hall–Kier alpha value is -0.380. The number of piperidine rings is 1. The Labute approximate surface area is 125 Å². The van der Waals surface area contributed by atoms with E-state index in [1.54, 1.807) is 0 Å². The zero-order valence-electron chi connectivity index (χ0n) is 12.2. The van der Waals surface area contributed by atoms with Gasteiger partial charge in [0.25, 0.3) is 0 Å². The third-order valence-electron chi connectivity index (χ3n) is 4.23. The van der Waals surface area contributed by atoms with Crippen molar-refractivity contribution in [3.05, 3.63) is 34.3 Å². The SMILES string of the molecule is CC(N[C@H](C)c1cccc(Br)c1)C1CCCN(C)C1. The lowest BCUT2D eigenvalue weighted by Gasteiger charge is -2.35. The van der Waals surface area contributed by atoms with Crippen molar-refractivity contribution >= 4 is 15.9 Å². The van der Waals surface area contributed by atoms with Gasteiger partial charge in [-0.05, 0) is 63.9 Å². The maximum Gasteiger partial charge on any atom is 0.0294 e. The molecular weight excluding hydrogens is 300 g/mol. The third kappa shape index (κ3) is 4.30. The number of likely N-dealkylation sites (tertiary alicyclic amines) is 1. The number of benzene rings is 1. The van der Waals surface area contributed by atoms with E-state index in [0.717, 1.165) is 10.4 Å². The smallest absolute Gasteiger partial charge is 0.0294 e. The van der Waals surface area contributed by atoms with Crippen LogP contribution in [0.1, 0.15) is 38.3 Å². The largest absolute Gasteiger partial charge is 0.307 e. The van der Waals surface area contributed by atoms with Crippen molar-refractivity contribution < 1.29 is 0 Å². The van der Waals surface area contributed by atoms with Crippen molar-refractivity contribution in [2.45, 2.75) is 38.8 Å². The van der Waals surface area contributed by atoms with Gasteiger partial charge < -0.3 is 10.2 Å². The maximum absolute atomic E-state index is 3.77. The van der Waals surface area contributed by atoms with E-state index in [0.29, 0.717) is 12.1 Å². The fourth-order valence-corrected chi connectivity index (χ4v) is 3.43. The normalized spacial score (nSPS) is 24.1. The van der Waals surface area contributed by atoms with E-state index in [9.17, 15) is 0 Å². The molecule has 2 rings (SSSR count). The quantitative estimate of drug-likeness (QED) is 0.905. The standard InChI is InChI=1S/C16H25BrN2/c1-12(14-6-4-8-16(17)10-14)18-13(2)15-7-5-9-19(3)11-15/h4,6,8,10,12-13,15,18H,5,7,9,11H2,1-3H3/t12-,13?,15?/m1/s1. The van der Waals surface area contributed by atoms with Crippen molar-refractivity contribution in [3.63, 3.8) is 0 Å². The molecule has 0 radical (unpaired) electrons. The monoisotopic (exact) mass is 324 g/mol. The predicted octanol–water partition coefficient (Wildman–Crippen LogP) is 3.83. The Morgan fingerprint density at radius 2 is 2.16 bits per heavy atom. The van der Waals surface area contributed by atoms with Gasteiger partial charge in [0.2, 0.25) is 0 Å². The van der Waals surface area contributed by atoms with Gasteiger partial charge in [0.15, 0.2) is 0 Å². The van der Waals surface area contributed by atoms with Crippen molar-refractivity contribution in [3.8, 4) is 0 Å². The molecule has 3 atom stereocenters. The molecule has 106 valence electrons. The van der Waals surface area contributed by atoms with E-state index < -0.39 is 0 Å². The highest BCUT2D eigenvalue weighted by atomic mass is 79.9. The number of hydrogen-bond acceptors (Lipinski definition) is 2. The fraction of sp³-hybridized carbons (Fsp3) is 0.625. The summed E-state index contributed by atoms with van der Waals surface area (Å²) in [6, 6.07) is 9.56. The molecule has 1 saturated heterocycles. The Balaban J connectivity index is 1.92. The first kappa shape index (κ1) is 15.0. The highest BCUT2D eigenvalue weighted by Crippen LogP contribution is 2.22. The molecule has 1 N–H and O–H groups in total. The molecule has 0 bridgehead atoms. The van der Waals surface area contributed by atoms with Crippen LogP contribution in [0.5, 0.6) is 0 Å². The molecule has 1 aromatic carbocycles. The van der Waals surface area contributed by atoms with Crippen LogP contribution in [-0.4, -0.2) is 31.1 Å². The molecule has 3 heteroatoms. The lowest BCUT2D eigenvalue weighted by atomic mass is 9.91. The molecule has 1 aromatic rings. The van der Waals surface area contributed by atoms with Gasteiger partial charge in [-0.2, -0.15) is 0 Å². The second kappa shape index (κ2) is 6.87. The summed E-state index contributed by atoms with van der Waals surface area (Å²) in [6.45, 7) is 7.06. The van der Waals surface area contributed by atoms with Crippen LogP contribution in [0.3, 0.4) is 0 Å². The second-order valence-corrected chi connectivity index (χ2v) is 6.81. The van der Waals surface area contributed by atoms with Gasteiger partial charge in [-0.1, -0.05) is 28.1 Å². The number of halogens is 1. The Bertz CT molecular complexity index is 407. The summed E-state index contributed by atoms with van der Waals surface area (Å²) in [5, 5.41) is 3.77. The zero-order chi connectivity index (χ0) is 13.8. The fourth-order valence-electron chi connectivity index (χ4n) is 3.02. The van der Waals surface area contributed by atoms with Gasteiger partial charge in [0.1, 0.15) is 0 Å².